The Morgan fingerprint density at radius 3 is 3.00 bits per heavy atom. The minimum absolute atomic E-state index is 0.252. The maximum atomic E-state index is 11.2. The minimum Gasteiger partial charge on any atom is -0.430 e. The molecule has 0 unspecified atom stereocenters. The Morgan fingerprint density at radius 2 is 2.08 bits per heavy atom. The van der Waals surface area contributed by atoms with Crippen molar-refractivity contribution in [3.8, 4) is 0 Å². The highest BCUT2D eigenvalue weighted by Gasteiger charge is 2.16. The zero-order valence-electron chi connectivity index (χ0n) is 6.78. The van der Waals surface area contributed by atoms with Crippen LogP contribution in [0.3, 0.4) is 0 Å². The van der Waals surface area contributed by atoms with E-state index in [1.807, 2.05) is 30.4 Å². The van der Waals surface area contributed by atoms with Gasteiger partial charge in [-0.1, -0.05) is 24.3 Å². The van der Waals surface area contributed by atoms with Crippen LogP contribution >= 0.6 is 0 Å². The Labute approximate surface area is 74.5 Å². The van der Waals surface area contributed by atoms with Gasteiger partial charge in [0.1, 0.15) is 6.26 Å². The summed E-state index contributed by atoms with van der Waals surface area (Å²) in [6.45, 7) is 0. The maximum absolute atomic E-state index is 11.2. The van der Waals surface area contributed by atoms with Gasteiger partial charge < -0.3 is 4.74 Å². The topological polar surface area (TPSA) is 26.3 Å². The van der Waals surface area contributed by atoms with Crippen molar-refractivity contribution in [2.75, 3.05) is 0 Å². The van der Waals surface area contributed by atoms with E-state index in [-0.39, 0.29) is 5.97 Å². The molecule has 1 aliphatic carbocycles. The summed E-state index contributed by atoms with van der Waals surface area (Å²) in [5, 5.41) is 2.00. The molecule has 0 N–H and O–H groups in total. The first kappa shape index (κ1) is 6.66. The summed E-state index contributed by atoms with van der Waals surface area (Å²) < 4.78 is 4.84. The van der Waals surface area contributed by atoms with E-state index in [1.165, 1.54) is 6.26 Å². The highest BCUT2D eigenvalue weighted by Crippen LogP contribution is 2.06. The van der Waals surface area contributed by atoms with Crippen molar-refractivity contribution in [1.82, 2.24) is 0 Å². The first-order chi connectivity index (χ1) is 6.36. The molecule has 0 fully saturated rings. The second-order valence-corrected chi connectivity index (χ2v) is 3.08. The predicted molar refractivity (Wildman–Crippen MR) is 49.1 cm³/mol. The second-order valence-electron chi connectivity index (χ2n) is 3.08. The fourth-order valence-corrected chi connectivity index (χ4v) is 1.71. The lowest BCUT2D eigenvalue weighted by atomic mass is 10.1. The zero-order valence-corrected chi connectivity index (χ0v) is 6.78. The fraction of sp³-hybridized carbons (Fsp3) is 0. The van der Waals surface area contributed by atoms with Gasteiger partial charge in [-0.3, -0.25) is 0 Å². The van der Waals surface area contributed by atoms with E-state index >= 15 is 0 Å². The first-order valence-electron chi connectivity index (χ1n) is 4.09. The molecule has 1 heterocycles. The van der Waals surface area contributed by atoms with Crippen molar-refractivity contribution >= 4 is 24.4 Å². The monoisotopic (exact) mass is 170 g/mol. The average molecular weight is 170 g/mol. The highest BCUT2D eigenvalue weighted by molar-refractivity contribution is 5.94. The number of rotatable bonds is 0. The van der Waals surface area contributed by atoms with E-state index < -0.39 is 0 Å². The lowest BCUT2D eigenvalue weighted by Gasteiger charge is -1.93. The SMILES string of the molecule is O=C1OC=c2c1ccc1c2=CC=C1. The van der Waals surface area contributed by atoms with Gasteiger partial charge in [-0.15, -0.1) is 0 Å². The third kappa shape index (κ3) is 0.746. The van der Waals surface area contributed by atoms with E-state index in [0.29, 0.717) is 5.56 Å². The molecule has 62 valence electrons. The van der Waals surface area contributed by atoms with Gasteiger partial charge in [0.25, 0.3) is 0 Å². The van der Waals surface area contributed by atoms with Gasteiger partial charge in [0.2, 0.25) is 0 Å². The Bertz CT molecular complexity index is 550. The number of hydrogen-bond donors (Lipinski definition) is 0. The molecule has 0 saturated heterocycles. The van der Waals surface area contributed by atoms with E-state index in [4.69, 9.17) is 4.74 Å². The summed E-state index contributed by atoms with van der Waals surface area (Å²) >= 11 is 0. The standard InChI is InChI=1S/C11H6O2/c12-11-9-5-4-7-2-1-3-8(7)10(9)6-13-11/h1-6H. The summed E-state index contributed by atoms with van der Waals surface area (Å²) in [5.41, 5.74) is 1.81. The van der Waals surface area contributed by atoms with E-state index in [0.717, 1.165) is 16.0 Å². The van der Waals surface area contributed by atoms with Crippen LogP contribution in [0.5, 0.6) is 0 Å². The van der Waals surface area contributed by atoms with Gasteiger partial charge in [0, 0.05) is 5.22 Å². The second kappa shape index (κ2) is 2.10. The van der Waals surface area contributed by atoms with Gasteiger partial charge in [-0.2, -0.15) is 0 Å². The Kier molecular flexibility index (Phi) is 1.08. The smallest absolute Gasteiger partial charge is 0.343 e. The van der Waals surface area contributed by atoms with Crippen LogP contribution in [-0.2, 0) is 4.74 Å². The number of allylic oxidation sites excluding steroid dienone is 1. The largest absolute Gasteiger partial charge is 0.430 e. The Hall–Kier alpha value is -1.83. The molecule has 2 aliphatic rings. The van der Waals surface area contributed by atoms with Gasteiger partial charge >= 0.3 is 5.97 Å². The fourth-order valence-electron chi connectivity index (χ4n) is 1.71. The molecule has 1 aromatic carbocycles. The number of carbonyl (C=O) groups excluding carboxylic acids is 1. The molecule has 2 heteroatoms. The summed E-state index contributed by atoms with van der Waals surface area (Å²) in [6.07, 6.45) is 7.51. The number of carbonyl (C=O) groups is 1. The number of hydrogen-bond acceptors (Lipinski definition) is 2. The lowest BCUT2D eigenvalue weighted by Crippen LogP contribution is -2.28. The summed E-state index contributed by atoms with van der Waals surface area (Å²) in [5.74, 6) is -0.252. The summed E-state index contributed by atoms with van der Waals surface area (Å²) in [7, 11) is 0. The molecule has 0 amide bonds. The van der Waals surface area contributed by atoms with Crippen LogP contribution in [0.15, 0.2) is 18.2 Å². The van der Waals surface area contributed by atoms with Crippen LogP contribution in [0, 0.1) is 0 Å². The molecule has 0 spiro atoms. The van der Waals surface area contributed by atoms with E-state index in [9.17, 15) is 4.79 Å². The molecule has 0 aromatic heterocycles. The number of fused-ring (bicyclic) bond motifs is 3. The molecular formula is C11H6O2. The molecule has 0 atom stereocenters. The highest BCUT2D eigenvalue weighted by atomic mass is 16.5. The molecule has 0 bridgehead atoms. The van der Waals surface area contributed by atoms with Crippen LogP contribution in [0.1, 0.15) is 15.9 Å². The van der Waals surface area contributed by atoms with Crippen molar-refractivity contribution in [3.63, 3.8) is 0 Å². The maximum Gasteiger partial charge on any atom is 0.343 e. The van der Waals surface area contributed by atoms with Crippen molar-refractivity contribution in [1.29, 1.82) is 0 Å². The third-order valence-corrected chi connectivity index (χ3v) is 2.36. The minimum atomic E-state index is -0.252. The van der Waals surface area contributed by atoms with Gasteiger partial charge in [0.05, 0.1) is 5.56 Å². The summed E-state index contributed by atoms with van der Waals surface area (Å²) in [4.78, 5) is 11.2. The normalized spacial score (nSPS) is 15.8. The lowest BCUT2D eigenvalue weighted by molar-refractivity contribution is 0.0722. The van der Waals surface area contributed by atoms with Crippen LogP contribution in [0.4, 0.5) is 0 Å². The quantitative estimate of drug-likeness (QED) is 0.527. The van der Waals surface area contributed by atoms with Crippen LogP contribution in [0.25, 0.3) is 18.4 Å². The molecule has 2 nitrogen and oxygen atoms in total. The predicted octanol–water partition coefficient (Wildman–Crippen LogP) is 0.402. The molecular weight excluding hydrogens is 164 g/mol. The number of cyclic esters (lactones) is 1. The first-order valence-corrected chi connectivity index (χ1v) is 4.09. The molecule has 13 heavy (non-hydrogen) atoms. The summed E-state index contributed by atoms with van der Waals surface area (Å²) in [6, 6.07) is 3.75. The van der Waals surface area contributed by atoms with Crippen LogP contribution in [-0.4, -0.2) is 5.97 Å². The van der Waals surface area contributed by atoms with Gasteiger partial charge in [-0.25, -0.2) is 4.79 Å². The molecule has 3 rings (SSSR count). The average Bonchev–Trinajstić information content (AvgIpc) is 2.70. The molecule has 0 radical (unpaired) electrons. The molecule has 0 saturated carbocycles. The third-order valence-electron chi connectivity index (χ3n) is 2.36. The molecule has 1 aromatic rings. The molecule has 1 aliphatic heterocycles. The Morgan fingerprint density at radius 1 is 1.15 bits per heavy atom. The van der Waals surface area contributed by atoms with Crippen molar-refractivity contribution in [3.05, 3.63) is 39.8 Å². The van der Waals surface area contributed by atoms with Crippen molar-refractivity contribution < 1.29 is 9.53 Å². The van der Waals surface area contributed by atoms with Crippen LogP contribution in [0.2, 0.25) is 0 Å². The van der Waals surface area contributed by atoms with Gasteiger partial charge in [0.15, 0.2) is 0 Å². The zero-order chi connectivity index (χ0) is 8.84. The number of benzene rings is 1. The van der Waals surface area contributed by atoms with E-state index in [1.54, 1.807) is 0 Å². The number of esters is 1. The van der Waals surface area contributed by atoms with Crippen molar-refractivity contribution in [2.24, 2.45) is 0 Å². The van der Waals surface area contributed by atoms with E-state index in [2.05, 4.69) is 0 Å². The van der Waals surface area contributed by atoms with Crippen LogP contribution < -0.4 is 10.4 Å². The Balaban J connectivity index is 2.53. The number of ether oxygens (including phenoxy) is 1. The van der Waals surface area contributed by atoms with Gasteiger partial charge in [-0.05, 0) is 16.8 Å². The van der Waals surface area contributed by atoms with Crippen molar-refractivity contribution in [2.45, 2.75) is 0 Å².